The summed E-state index contributed by atoms with van der Waals surface area (Å²) in [5, 5.41) is 18.9. The first kappa shape index (κ1) is 31.2. The van der Waals surface area contributed by atoms with Gasteiger partial charge in [0.05, 0.1) is 17.3 Å². The Balaban J connectivity index is 1.30. The SMILES string of the molecule is CC(C)(C)OC(=O)N1C[C@@H]2C[C@H]1CN2CCn1c(O)c(C(=Cc2ccc(Cl)cc2C(F)(F)F)c2ccc3[nH]ncc3c2)sc1=O. The Morgan fingerprint density at radius 2 is 1.93 bits per heavy atom. The molecule has 45 heavy (non-hydrogen) atoms. The summed E-state index contributed by atoms with van der Waals surface area (Å²) < 4.78 is 48.8. The number of thiazole rings is 1. The molecule has 4 heterocycles. The highest BCUT2D eigenvalue weighted by molar-refractivity contribution is 7.11. The van der Waals surface area contributed by atoms with E-state index in [4.69, 9.17) is 16.3 Å². The number of rotatable bonds is 6. The van der Waals surface area contributed by atoms with Gasteiger partial charge in [0.1, 0.15) is 10.5 Å². The molecule has 2 aromatic carbocycles. The average Bonchev–Trinajstić information content (AvgIpc) is 3.73. The van der Waals surface area contributed by atoms with E-state index in [0.29, 0.717) is 30.6 Å². The van der Waals surface area contributed by atoms with Crippen LogP contribution in [0.5, 0.6) is 5.88 Å². The van der Waals surface area contributed by atoms with Gasteiger partial charge in [-0.05, 0) is 68.7 Å². The van der Waals surface area contributed by atoms with Crippen LogP contribution in [0.1, 0.15) is 48.8 Å². The van der Waals surface area contributed by atoms with Gasteiger partial charge in [0.15, 0.2) is 0 Å². The summed E-state index contributed by atoms with van der Waals surface area (Å²) in [5.74, 6) is -0.328. The topological polar surface area (TPSA) is 104 Å². The van der Waals surface area contributed by atoms with E-state index >= 15 is 0 Å². The Labute approximate surface area is 265 Å². The van der Waals surface area contributed by atoms with Crippen molar-refractivity contribution in [2.45, 2.75) is 57.6 Å². The molecule has 2 aliphatic heterocycles. The van der Waals surface area contributed by atoms with Gasteiger partial charge < -0.3 is 14.7 Å². The standard InChI is InChI=1S/C31H31ClF3N5O4S/c1-30(2,3)44-28(42)40-16-21-13-22(40)15-38(21)8-9-39-27(41)26(45-29(39)43)23(17-5-7-25-19(10-17)14-36-37-25)11-18-4-6-20(32)12-24(18)31(33,34)35/h4-7,10-12,14,21-22,41H,8-9,13,15-16H2,1-3H3,(H,36,37)/t21-,22-/m0/s1. The van der Waals surface area contributed by atoms with E-state index in [1.165, 1.54) is 22.8 Å². The summed E-state index contributed by atoms with van der Waals surface area (Å²) in [4.78, 5) is 29.5. The molecule has 0 aliphatic carbocycles. The number of amides is 1. The number of aromatic amines is 1. The number of halogens is 4. The van der Waals surface area contributed by atoms with E-state index in [9.17, 15) is 27.9 Å². The molecule has 4 aromatic rings. The van der Waals surface area contributed by atoms with Crippen LogP contribution in [-0.2, 0) is 17.5 Å². The molecule has 2 atom stereocenters. The maximum atomic E-state index is 14.0. The minimum Gasteiger partial charge on any atom is -0.493 e. The first-order chi connectivity index (χ1) is 21.2. The minimum atomic E-state index is -4.69. The first-order valence-corrected chi connectivity index (χ1v) is 15.6. The third kappa shape index (κ3) is 6.34. The number of H-pyrrole nitrogens is 1. The summed E-state index contributed by atoms with van der Waals surface area (Å²) in [5.41, 5.74) is -0.225. The number of carbonyl (C=O) groups is 1. The highest BCUT2D eigenvalue weighted by Gasteiger charge is 2.46. The number of nitrogens with one attached hydrogen (secondary N) is 1. The molecule has 2 fully saturated rings. The number of hydrogen-bond donors (Lipinski definition) is 2. The van der Waals surface area contributed by atoms with Crippen LogP contribution in [0.2, 0.25) is 5.02 Å². The molecule has 6 rings (SSSR count). The second-order valence-electron chi connectivity index (χ2n) is 12.3. The second kappa shape index (κ2) is 11.5. The molecule has 238 valence electrons. The van der Waals surface area contributed by atoms with Crippen LogP contribution < -0.4 is 4.87 Å². The van der Waals surface area contributed by atoms with E-state index in [-0.39, 0.29) is 51.6 Å². The van der Waals surface area contributed by atoms with Crippen LogP contribution in [0.3, 0.4) is 0 Å². The van der Waals surface area contributed by atoms with E-state index in [1.807, 2.05) is 20.8 Å². The van der Waals surface area contributed by atoms with Crippen molar-refractivity contribution in [2.75, 3.05) is 19.6 Å². The highest BCUT2D eigenvalue weighted by atomic mass is 35.5. The molecule has 0 radical (unpaired) electrons. The Hall–Kier alpha value is -3.81. The van der Waals surface area contributed by atoms with Crippen LogP contribution in [-0.4, -0.2) is 73.1 Å². The van der Waals surface area contributed by atoms with Gasteiger partial charge in [-0.2, -0.15) is 18.3 Å². The van der Waals surface area contributed by atoms with Gasteiger partial charge >= 0.3 is 17.1 Å². The number of aromatic hydroxyl groups is 1. The van der Waals surface area contributed by atoms with E-state index in [1.54, 1.807) is 29.3 Å². The van der Waals surface area contributed by atoms with Crippen molar-refractivity contribution >= 4 is 51.6 Å². The van der Waals surface area contributed by atoms with Crippen LogP contribution in [0.25, 0.3) is 22.6 Å². The number of alkyl halides is 3. The summed E-state index contributed by atoms with van der Waals surface area (Å²) in [6.45, 7) is 7.22. The van der Waals surface area contributed by atoms with Gasteiger partial charge in [0, 0.05) is 54.2 Å². The minimum absolute atomic E-state index is 0.00258. The molecular weight excluding hydrogens is 631 g/mol. The summed E-state index contributed by atoms with van der Waals surface area (Å²) >= 11 is 6.68. The summed E-state index contributed by atoms with van der Waals surface area (Å²) in [6, 6.07) is 8.75. The fraction of sp³-hybridized carbons (Fsp3) is 0.387. The smallest absolute Gasteiger partial charge is 0.417 e. The molecule has 2 N–H and O–H groups in total. The number of piperazine rings is 1. The number of ether oxygens (including phenoxy) is 1. The Morgan fingerprint density at radius 3 is 2.62 bits per heavy atom. The monoisotopic (exact) mass is 661 g/mol. The number of likely N-dealkylation sites (tertiary alicyclic amines) is 2. The number of fused-ring (bicyclic) bond motifs is 3. The molecular formula is C31H31ClF3N5O4S. The zero-order chi connectivity index (χ0) is 32.3. The van der Waals surface area contributed by atoms with Gasteiger partial charge in [-0.3, -0.25) is 19.4 Å². The van der Waals surface area contributed by atoms with Gasteiger partial charge in [-0.15, -0.1) is 0 Å². The van der Waals surface area contributed by atoms with Gasteiger partial charge in [-0.25, -0.2) is 4.79 Å². The van der Waals surface area contributed by atoms with Crippen molar-refractivity contribution < 1.29 is 27.8 Å². The normalized spacial score (nSPS) is 19.2. The molecule has 1 amide bonds. The number of aromatic nitrogens is 3. The lowest BCUT2D eigenvalue weighted by molar-refractivity contribution is -0.137. The predicted octanol–water partition coefficient (Wildman–Crippen LogP) is 6.45. The number of benzene rings is 2. The molecule has 2 saturated heterocycles. The molecule has 0 unspecified atom stereocenters. The lowest BCUT2D eigenvalue weighted by Crippen LogP contribution is -2.50. The zero-order valence-corrected chi connectivity index (χ0v) is 26.3. The number of hydrogen-bond acceptors (Lipinski definition) is 7. The third-order valence-electron chi connectivity index (χ3n) is 8.08. The van der Waals surface area contributed by atoms with Crippen molar-refractivity contribution in [1.29, 1.82) is 0 Å². The van der Waals surface area contributed by atoms with Crippen molar-refractivity contribution in [1.82, 2.24) is 24.6 Å². The Bertz CT molecular complexity index is 1860. The number of carbonyl (C=O) groups excluding carboxylic acids is 1. The van der Waals surface area contributed by atoms with Crippen molar-refractivity contribution in [3.8, 4) is 5.88 Å². The van der Waals surface area contributed by atoms with Crippen LogP contribution >= 0.6 is 22.9 Å². The average molecular weight is 662 g/mol. The maximum absolute atomic E-state index is 14.0. The van der Waals surface area contributed by atoms with E-state index < -0.39 is 22.2 Å². The fourth-order valence-corrected chi connectivity index (χ4v) is 7.13. The largest absolute Gasteiger partial charge is 0.493 e. The quantitative estimate of drug-likeness (QED) is 0.230. The second-order valence-corrected chi connectivity index (χ2v) is 13.7. The van der Waals surface area contributed by atoms with Gasteiger partial charge in [0.2, 0.25) is 5.88 Å². The molecule has 0 spiro atoms. The number of nitrogens with zero attached hydrogens (tertiary/aromatic N) is 4. The van der Waals surface area contributed by atoms with Crippen molar-refractivity contribution in [3.63, 3.8) is 0 Å². The Kier molecular flexibility index (Phi) is 7.99. The fourth-order valence-electron chi connectivity index (χ4n) is 6.01. The summed E-state index contributed by atoms with van der Waals surface area (Å²) in [6.07, 6.45) is -1.33. The van der Waals surface area contributed by atoms with Gasteiger partial charge in [0.25, 0.3) is 0 Å². The first-order valence-electron chi connectivity index (χ1n) is 14.4. The van der Waals surface area contributed by atoms with Crippen LogP contribution in [0.15, 0.2) is 47.4 Å². The zero-order valence-electron chi connectivity index (χ0n) is 24.7. The van der Waals surface area contributed by atoms with Gasteiger partial charge in [-0.1, -0.05) is 35.1 Å². The molecule has 0 saturated carbocycles. The third-order valence-corrected chi connectivity index (χ3v) is 9.31. The summed E-state index contributed by atoms with van der Waals surface area (Å²) in [7, 11) is 0. The van der Waals surface area contributed by atoms with E-state index in [2.05, 4.69) is 15.1 Å². The molecule has 9 nitrogen and oxygen atoms in total. The lowest BCUT2D eigenvalue weighted by Gasteiger charge is -2.35. The van der Waals surface area contributed by atoms with Crippen LogP contribution in [0, 0.1) is 0 Å². The molecule has 2 aromatic heterocycles. The molecule has 2 aliphatic rings. The molecule has 14 heteroatoms. The predicted molar refractivity (Wildman–Crippen MR) is 166 cm³/mol. The van der Waals surface area contributed by atoms with Crippen molar-refractivity contribution in [3.05, 3.63) is 78.9 Å². The lowest BCUT2D eigenvalue weighted by atomic mass is 9.97. The maximum Gasteiger partial charge on any atom is 0.417 e. The highest BCUT2D eigenvalue weighted by Crippen LogP contribution is 2.40. The van der Waals surface area contributed by atoms with Crippen molar-refractivity contribution in [2.24, 2.45) is 0 Å². The van der Waals surface area contributed by atoms with Crippen LogP contribution in [0.4, 0.5) is 18.0 Å². The Morgan fingerprint density at radius 1 is 1.16 bits per heavy atom. The van der Waals surface area contributed by atoms with E-state index in [0.717, 1.165) is 29.3 Å². The molecule has 2 bridgehead atoms.